The number of alkyl halides is 2. The van der Waals surface area contributed by atoms with Gasteiger partial charge in [0.05, 0.1) is 9.98 Å². The van der Waals surface area contributed by atoms with Gasteiger partial charge in [0.15, 0.2) is 0 Å². The molecule has 130 valence electrons. The second-order valence-electron chi connectivity index (χ2n) is 5.27. The molecule has 5 nitrogen and oxygen atoms in total. The van der Waals surface area contributed by atoms with Gasteiger partial charge in [0.1, 0.15) is 5.69 Å². The summed E-state index contributed by atoms with van der Waals surface area (Å²) < 4.78 is 26.9. The van der Waals surface area contributed by atoms with E-state index < -0.39 is 6.55 Å². The normalized spacial score (nSPS) is 11.1. The molecule has 9 heteroatoms. The van der Waals surface area contributed by atoms with Gasteiger partial charge < -0.3 is 5.32 Å². The SMILES string of the molecule is Cc1cnc(C(=O)NCc2ccsc2Br)cc1-c1cnn(C(F)F)c1. The first-order valence-corrected chi connectivity index (χ1v) is 8.92. The van der Waals surface area contributed by atoms with Crippen LogP contribution in [0, 0.1) is 6.92 Å². The smallest absolute Gasteiger partial charge is 0.333 e. The van der Waals surface area contributed by atoms with Gasteiger partial charge in [-0.25, -0.2) is 4.68 Å². The number of aryl methyl sites for hydroxylation is 1. The molecule has 0 bridgehead atoms. The van der Waals surface area contributed by atoms with Crippen molar-refractivity contribution >= 4 is 33.2 Å². The van der Waals surface area contributed by atoms with Gasteiger partial charge in [-0.1, -0.05) is 0 Å². The van der Waals surface area contributed by atoms with Crippen molar-refractivity contribution in [3.63, 3.8) is 0 Å². The molecule has 3 aromatic heterocycles. The maximum absolute atomic E-state index is 12.7. The first-order valence-electron chi connectivity index (χ1n) is 7.25. The number of thiophene rings is 1. The van der Waals surface area contributed by atoms with Crippen molar-refractivity contribution in [2.45, 2.75) is 20.0 Å². The Labute approximate surface area is 154 Å². The van der Waals surface area contributed by atoms with E-state index in [1.807, 2.05) is 11.4 Å². The van der Waals surface area contributed by atoms with Crippen LogP contribution in [0.25, 0.3) is 11.1 Å². The van der Waals surface area contributed by atoms with Crippen LogP contribution in [0.2, 0.25) is 0 Å². The highest BCUT2D eigenvalue weighted by Gasteiger charge is 2.14. The average Bonchev–Trinajstić information content (AvgIpc) is 3.22. The van der Waals surface area contributed by atoms with E-state index >= 15 is 0 Å². The third-order valence-electron chi connectivity index (χ3n) is 3.58. The third kappa shape index (κ3) is 3.93. The summed E-state index contributed by atoms with van der Waals surface area (Å²) in [4.78, 5) is 16.5. The fourth-order valence-electron chi connectivity index (χ4n) is 2.25. The molecular formula is C16H13BrF2N4OS. The van der Waals surface area contributed by atoms with Gasteiger partial charge in [0.25, 0.3) is 5.91 Å². The van der Waals surface area contributed by atoms with Gasteiger partial charge in [-0.15, -0.1) is 11.3 Å². The Morgan fingerprint density at radius 1 is 1.44 bits per heavy atom. The van der Waals surface area contributed by atoms with Crippen LogP contribution in [0.1, 0.15) is 28.2 Å². The molecule has 0 saturated heterocycles. The molecule has 3 aromatic rings. The van der Waals surface area contributed by atoms with Crippen molar-refractivity contribution in [1.29, 1.82) is 0 Å². The number of nitrogens with zero attached hydrogens (tertiary/aromatic N) is 3. The minimum absolute atomic E-state index is 0.219. The highest BCUT2D eigenvalue weighted by atomic mass is 79.9. The zero-order valence-corrected chi connectivity index (χ0v) is 15.4. The summed E-state index contributed by atoms with van der Waals surface area (Å²) >= 11 is 4.96. The Balaban J connectivity index is 1.80. The summed E-state index contributed by atoms with van der Waals surface area (Å²) in [5, 5.41) is 8.35. The van der Waals surface area contributed by atoms with E-state index in [2.05, 4.69) is 31.3 Å². The molecule has 0 unspecified atom stereocenters. The molecule has 0 aromatic carbocycles. The summed E-state index contributed by atoms with van der Waals surface area (Å²) in [7, 11) is 0. The lowest BCUT2D eigenvalue weighted by atomic mass is 10.0. The third-order valence-corrected chi connectivity index (χ3v) is 5.39. The number of hydrogen-bond acceptors (Lipinski definition) is 4. The molecular weight excluding hydrogens is 414 g/mol. The van der Waals surface area contributed by atoms with Crippen LogP contribution in [0.4, 0.5) is 8.78 Å². The molecule has 0 aliphatic carbocycles. The van der Waals surface area contributed by atoms with E-state index in [4.69, 9.17) is 0 Å². The van der Waals surface area contributed by atoms with E-state index in [9.17, 15) is 13.6 Å². The van der Waals surface area contributed by atoms with Crippen LogP contribution in [0.15, 0.2) is 39.9 Å². The molecule has 25 heavy (non-hydrogen) atoms. The van der Waals surface area contributed by atoms with Crippen molar-refractivity contribution in [3.8, 4) is 11.1 Å². The lowest BCUT2D eigenvalue weighted by Crippen LogP contribution is -2.23. The first kappa shape index (κ1) is 17.7. The predicted octanol–water partition coefficient (Wildman–Crippen LogP) is 4.40. The van der Waals surface area contributed by atoms with Crippen molar-refractivity contribution < 1.29 is 13.6 Å². The zero-order valence-electron chi connectivity index (χ0n) is 13.0. The summed E-state index contributed by atoms with van der Waals surface area (Å²) in [6.07, 6.45) is 4.14. The molecule has 0 fully saturated rings. The number of pyridine rings is 1. The summed E-state index contributed by atoms with van der Waals surface area (Å²) in [5.74, 6) is -0.333. The van der Waals surface area contributed by atoms with Crippen molar-refractivity contribution in [3.05, 3.63) is 56.7 Å². The Morgan fingerprint density at radius 2 is 2.24 bits per heavy atom. The maximum atomic E-state index is 12.7. The number of halogens is 3. The topological polar surface area (TPSA) is 59.8 Å². The number of amides is 1. The number of rotatable bonds is 5. The predicted molar refractivity (Wildman–Crippen MR) is 94.6 cm³/mol. The van der Waals surface area contributed by atoms with Crippen molar-refractivity contribution in [2.75, 3.05) is 0 Å². The van der Waals surface area contributed by atoms with E-state index in [1.54, 1.807) is 19.2 Å². The van der Waals surface area contributed by atoms with Crippen LogP contribution in [0.5, 0.6) is 0 Å². The van der Waals surface area contributed by atoms with E-state index in [1.165, 1.54) is 23.7 Å². The molecule has 0 aliphatic rings. The highest BCUT2D eigenvalue weighted by Crippen LogP contribution is 2.25. The summed E-state index contributed by atoms with van der Waals surface area (Å²) in [6.45, 7) is -0.536. The molecule has 1 N–H and O–H groups in total. The monoisotopic (exact) mass is 426 g/mol. The lowest BCUT2D eigenvalue weighted by molar-refractivity contribution is 0.0566. The van der Waals surface area contributed by atoms with Gasteiger partial charge >= 0.3 is 6.55 Å². The van der Waals surface area contributed by atoms with Gasteiger partial charge in [-0.05, 0) is 57.1 Å². The molecule has 0 saturated carbocycles. The fraction of sp³-hybridized carbons (Fsp3) is 0.188. The van der Waals surface area contributed by atoms with E-state index in [0.29, 0.717) is 22.4 Å². The number of carbonyl (C=O) groups is 1. The van der Waals surface area contributed by atoms with E-state index in [-0.39, 0.29) is 11.6 Å². The molecule has 0 spiro atoms. The van der Waals surface area contributed by atoms with Crippen LogP contribution in [-0.4, -0.2) is 20.7 Å². The number of nitrogens with one attached hydrogen (secondary N) is 1. The van der Waals surface area contributed by atoms with Crippen LogP contribution >= 0.6 is 27.3 Å². The molecule has 0 atom stereocenters. The van der Waals surface area contributed by atoms with Gasteiger partial charge in [-0.2, -0.15) is 13.9 Å². The number of hydrogen-bond donors (Lipinski definition) is 1. The quantitative estimate of drug-likeness (QED) is 0.657. The zero-order chi connectivity index (χ0) is 18.0. The minimum Gasteiger partial charge on any atom is -0.347 e. The summed E-state index contributed by atoms with van der Waals surface area (Å²) in [5.41, 5.74) is 3.12. The average molecular weight is 427 g/mol. The Bertz CT molecular complexity index is 909. The van der Waals surface area contributed by atoms with Crippen molar-refractivity contribution in [2.24, 2.45) is 0 Å². The van der Waals surface area contributed by atoms with Gasteiger partial charge in [-0.3, -0.25) is 9.78 Å². The first-order chi connectivity index (χ1) is 12.0. The van der Waals surface area contributed by atoms with Gasteiger partial charge in [0, 0.05) is 24.5 Å². The number of aromatic nitrogens is 3. The second kappa shape index (κ2) is 7.40. The molecule has 3 heterocycles. The fourth-order valence-corrected chi connectivity index (χ4v) is 3.49. The molecule has 3 rings (SSSR count). The minimum atomic E-state index is -2.71. The Kier molecular flexibility index (Phi) is 5.24. The van der Waals surface area contributed by atoms with Crippen LogP contribution in [-0.2, 0) is 6.54 Å². The Morgan fingerprint density at radius 3 is 2.88 bits per heavy atom. The van der Waals surface area contributed by atoms with Crippen LogP contribution < -0.4 is 5.32 Å². The molecule has 0 radical (unpaired) electrons. The Hall–Kier alpha value is -2.13. The van der Waals surface area contributed by atoms with Gasteiger partial charge in [0.2, 0.25) is 0 Å². The summed E-state index contributed by atoms with van der Waals surface area (Å²) in [6, 6.07) is 3.50. The highest BCUT2D eigenvalue weighted by molar-refractivity contribution is 9.11. The molecule has 0 aliphatic heterocycles. The maximum Gasteiger partial charge on any atom is 0.333 e. The number of carbonyl (C=O) groups excluding carboxylic acids is 1. The van der Waals surface area contributed by atoms with Crippen molar-refractivity contribution in [1.82, 2.24) is 20.1 Å². The van der Waals surface area contributed by atoms with Crippen LogP contribution in [0.3, 0.4) is 0 Å². The largest absolute Gasteiger partial charge is 0.347 e. The van der Waals surface area contributed by atoms with E-state index in [0.717, 1.165) is 14.9 Å². The lowest BCUT2D eigenvalue weighted by Gasteiger charge is -2.08. The second-order valence-corrected chi connectivity index (χ2v) is 7.51. The standard InChI is InChI=1S/C16H13BrF2N4OS/c1-9-5-20-13(15(24)21-6-10-2-3-25-14(10)17)4-12(9)11-7-22-23(8-11)16(18)19/h2-5,7-8,16H,6H2,1H3,(H,21,24). The molecule has 1 amide bonds.